The van der Waals surface area contributed by atoms with Crippen LogP contribution in [0.2, 0.25) is 0 Å². The van der Waals surface area contributed by atoms with E-state index in [1.54, 1.807) is 14.7 Å². The Morgan fingerprint density at radius 3 is 1.47 bits per heavy atom. The quantitative estimate of drug-likeness (QED) is 0.216. The lowest BCUT2D eigenvalue weighted by molar-refractivity contribution is -0.308. The first-order chi connectivity index (χ1) is 20.8. The highest BCUT2D eigenvalue weighted by Crippen LogP contribution is 2.37. The largest absolute Gasteiger partial charge is 0.549 e. The van der Waals surface area contributed by atoms with E-state index in [9.17, 15) is 29.7 Å². The molecule has 11 nitrogen and oxygen atoms in total. The fraction of sp³-hybridized carbons (Fsp3) is 0.406. The van der Waals surface area contributed by atoms with Crippen molar-refractivity contribution in [3.05, 3.63) is 54.6 Å². The molecule has 43 heavy (non-hydrogen) atoms. The maximum absolute atomic E-state index is 11.4. The van der Waals surface area contributed by atoms with E-state index < -0.39 is 17.9 Å². The fourth-order valence-electron chi connectivity index (χ4n) is 6.06. The number of carboxylic acids is 3. The summed E-state index contributed by atoms with van der Waals surface area (Å²) in [6.07, 6.45) is 0. The Labute approximate surface area is 250 Å². The van der Waals surface area contributed by atoms with Crippen LogP contribution < -0.4 is 20.6 Å². The fourth-order valence-corrected chi connectivity index (χ4v) is 6.06. The summed E-state index contributed by atoms with van der Waals surface area (Å²) in [7, 11) is 0. The van der Waals surface area contributed by atoms with Crippen molar-refractivity contribution in [3.63, 3.8) is 0 Å². The molecule has 0 saturated carbocycles. The van der Waals surface area contributed by atoms with Gasteiger partial charge in [-0.05, 0) is 33.0 Å². The van der Waals surface area contributed by atoms with Gasteiger partial charge in [-0.1, -0.05) is 48.5 Å². The van der Waals surface area contributed by atoms with E-state index in [1.165, 1.54) is 26.9 Å². The van der Waals surface area contributed by atoms with Crippen molar-refractivity contribution in [1.29, 1.82) is 0 Å². The van der Waals surface area contributed by atoms with Gasteiger partial charge in [-0.2, -0.15) is 0 Å². The van der Waals surface area contributed by atoms with Gasteiger partial charge in [0.1, 0.15) is 0 Å². The molecule has 11 heteroatoms. The smallest absolute Gasteiger partial charge is 0.0555 e. The van der Waals surface area contributed by atoms with Crippen LogP contribution in [0.25, 0.3) is 32.3 Å². The van der Waals surface area contributed by atoms with Crippen molar-refractivity contribution in [2.24, 2.45) is 0 Å². The van der Waals surface area contributed by atoms with Gasteiger partial charge in [0, 0.05) is 96.2 Å². The normalized spacial score (nSPS) is 17.2. The first kappa shape index (κ1) is 30.4. The van der Waals surface area contributed by atoms with Crippen LogP contribution in [0, 0.1) is 0 Å². The highest BCUT2D eigenvalue weighted by molar-refractivity contribution is 6.25. The summed E-state index contributed by atoms with van der Waals surface area (Å²) >= 11 is 0. The first-order valence-corrected chi connectivity index (χ1v) is 14.7. The van der Waals surface area contributed by atoms with E-state index in [0.717, 1.165) is 11.1 Å². The van der Waals surface area contributed by atoms with Crippen LogP contribution in [0.5, 0.6) is 0 Å². The highest BCUT2D eigenvalue weighted by atomic mass is 16.4. The van der Waals surface area contributed by atoms with Crippen molar-refractivity contribution in [3.8, 4) is 0 Å². The number of rotatable bonds is 10. The summed E-state index contributed by atoms with van der Waals surface area (Å²) in [5.41, 5.74) is 1.03. The molecule has 228 valence electrons. The molecule has 0 aliphatic carbocycles. The molecule has 1 N–H and O–H groups in total. The molecule has 4 aromatic rings. The molecular weight excluding hydrogens is 550 g/mol. The third-order valence-corrected chi connectivity index (χ3v) is 8.26. The predicted octanol–water partition coefficient (Wildman–Crippen LogP) is -1.53. The van der Waals surface area contributed by atoms with Gasteiger partial charge in [0.05, 0.1) is 17.9 Å². The zero-order valence-corrected chi connectivity index (χ0v) is 24.1. The molecule has 0 atom stereocenters. The second kappa shape index (κ2) is 14.0. The maximum atomic E-state index is 11.4. The van der Waals surface area contributed by atoms with Crippen molar-refractivity contribution in [1.82, 2.24) is 19.6 Å². The van der Waals surface area contributed by atoms with Gasteiger partial charge in [-0.25, -0.2) is 0 Å². The highest BCUT2D eigenvalue weighted by Gasteiger charge is 2.17. The Bertz CT molecular complexity index is 1530. The van der Waals surface area contributed by atoms with Crippen molar-refractivity contribution >= 4 is 55.9 Å². The van der Waals surface area contributed by atoms with E-state index >= 15 is 0 Å². The Balaban J connectivity index is 1.30. The van der Waals surface area contributed by atoms with Crippen LogP contribution in [0.15, 0.2) is 54.6 Å². The molecular formula is C32H36N5O6-3. The molecule has 1 aliphatic heterocycles. The molecule has 5 rings (SSSR count). The Hall–Kier alpha value is -4.03. The number of carbonyl (C=O) groups excluding carboxylic acids is 3. The van der Waals surface area contributed by atoms with Crippen molar-refractivity contribution < 1.29 is 29.7 Å². The third kappa shape index (κ3) is 7.88. The van der Waals surface area contributed by atoms with E-state index in [0.29, 0.717) is 65.4 Å². The van der Waals surface area contributed by atoms with Crippen LogP contribution in [-0.2, 0) is 14.4 Å². The summed E-state index contributed by atoms with van der Waals surface area (Å²) in [5, 5.41) is 45.0. The number of aliphatic carboxylic acids is 3. The number of benzene rings is 4. The molecule has 0 spiro atoms. The predicted molar refractivity (Wildman–Crippen MR) is 159 cm³/mol. The summed E-state index contributed by atoms with van der Waals surface area (Å²) < 4.78 is 0. The van der Waals surface area contributed by atoms with Gasteiger partial charge < -0.3 is 35.0 Å². The van der Waals surface area contributed by atoms with E-state index in [4.69, 9.17) is 0 Å². The summed E-state index contributed by atoms with van der Waals surface area (Å²) in [4.78, 5) is 41.5. The SMILES string of the molecule is O=C([O-])CN1CCN(CCNc2ccc3ccc4cccc5ccc2c3c45)CCN(CC(=O)[O-])CCN(CC(=O)[O-])CC1. The average molecular weight is 587 g/mol. The number of nitrogens with one attached hydrogen (secondary N) is 1. The Morgan fingerprint density at radius 1 is 0.558 bits per heavy atom. The van der Waals surface area contributed by atoms with E-state index in [1.807, 2.05) is 0 Å². The average Bonchev–Trinajstić information content (AvgIpc) is 2.96. The molecule has 0 radical (unpaired) electrons. The molecule has 1 heterocycles. The van der Waals surface area contributed by atoms with Gasteiger partial charge >= 0.3 is 0 Å². The second-order valence-corrected chi connectivity index (χ2v) is 11.2. The van der Waals surface area contributed by atoms with Crippen LogP contribution in [0.4, 0.5) is 5.69 Å². The molecule has 1 saturated heterocycles. The second-order valence-electron chi connectivity index (χ2n) is 11.2. The molecule has 0 amide bonds. The number of anilines is 1. The van der Waals surface area contributed by atoms with Crippen LogP contribution >= 0.6 is 0 Å². The van der Waals surface area contributed by atoms with Crippen molar-refractivity contribution in [2.75, 3.05) is 90.4 Å². The number of carbonyl (C=O) groups is 3. The van der Waals surface area contributed by atoms with Crippen LogP contribution in [0.3, 0.4) is 0 Å². The van der Waals surface area contributed by atoms with E-state index in [2.05, 4.69) is 64.8 Å². The minimum atomic E-state index is -1.24. The van der Waals surface area contributed by atoms with Gasteiger partial charge in [-0.15, -0.1) is 0 Å². The van der Waals surface area contributed by atoms with Crippen LogP contribution in [-0.4, -0.2) is 123 Å². The minimum Gasteiger partial charge on any atom is -0.549 e. The molecule has 0 unspecified atom stereocenters. The molecule has 0 bridgehead atoms. The molecule has 1 aliphatic rings. The number of nitrogens with zero attached hydrogens (tertiary/aromatic N) is 4. The Morgan fingerprint density at radius 2 is 0.977 bits per heavy atom. The lowest BCUT2D eigenvalue weighted by atomic mass is 9.93. The molecule has 4 aromatic carbocycles. The van der Waals surface area contributed by atoms with Crippen molar-refractivity contribution in [2.45, 2.75) is 0 Å². The standard InChI is InChI=1S/C32H39N5O6/c38-28(39)20-35-14-12-34(13-15-36(21-29(40)41)17-19-37(18-16-35)22-30(42)43)11-10-33-27-9-7-25-5-4-23-2-1-3-24-6-8-26(27)32(25)31(23)24/h1-9,33H,10-22H2,(H,38,39)(H,40,41)(H,42,43)/p-3. The number of carboxylic acid groups (broad SMARTS) is 3. The Kier molecular flexibility index (Phi) is 9.88. The number of hydrogen-bond acceptors (Lipinski definition) is 11. The minimum absolute atomic E-state index is 0.259. The van der Waals surface area contributed by atoms with Gasteiger partial charge in [0.2, 0.25) is 0 Å². The van der Waals surface area contributed by atoms with Crippen LogP contribution in [0.1, 0.15) is 0 Å². The monoisotopic (exact) mass is 586 g/mol. The lowest BCUT2D eigenvalue weighted by Gasteiger charge is -2.34. The topological polar surface area (TPSA) is 145 Å². The molecule has 0 aromatic heterocycles. The van der Waals surface area contributed by atoms with Gasteiger partial charge in [-0.3, -0.25) is 19.6 Å². The third-order valence-electron chi connectivity index (χ3n) is 8.26. The lowest BCUT2D eigenvalue weighted by Crippen LogP contribution is -2.51. The van der Waals surface area contributed by atoms with Gasteiger partial charge in [0.15, 0.2) is 0 Å². The zero-order chi connectivity index (χ0) is 30.3. The number of hydrogen-bond donors (Lipinski definition) is 1. The summed E-state index contributed by atoms with van der Waals surface area (Å²) in [6.45, 7) is 3.68. The maximum Gasteiger partial charge on any atom is 0.0555 e. The zero-order valence-electron chi connectivity index (χ0n) is 24.1. The van der Waals surface area contributed by atoms with E-state index in [-0.39, 0.29) is 19.6 Å². The summed E-state index contributed by atoms with van der Waals surface area (Å²) in [5.74, 6) is -3.63. The first-order valence-electron chi connectivity index (χ1n) is 14.7. The molecule has 1 fully saturated rings. The van der Waals surface area contributed by atoms with Gasteiger partial charge in [0.25, 0.3) is 0 Å². The summed E-state index contributed by atoms with van der Waals surface area (Å²) in [6, 6.07) is 19.2.